The Kier molecular flexibility index (Phi) is 16.0. The van der Waals surface area contributed by atoms with Crippen LogP contribution in [0.2, 0.25) is 0 Å². The molecule has 0 spiro atoms. The van der Waals surface area contributed by atoms with Crippen LogP contribution in [0, 0.1) is 51.8 Å². The van der Waals surface area contributed by atoms with E-state index in [2.05, 4.69) is 64.7 Å². The maximum atomic E-state index is 11.3. The minimum Gasteiger partial charge on any atom is -0.380 e. The van der Waals surface area contributed by atoms with Crippen LogP contribution in [-0.2, 0) is 9.53 Å². The van der Waals surface area contributed by atoms with Crippen molar-refractivity contribution in [2.24, 2.45) is 57.5 Å². The van der Waals surface area contributed by atoms with Gasteiger partial charge in [0.25, 0.3) is 0 Å². The first-order chi connectivity index (χ1) is 24.0. The third kappa shape index (κ3) is 8.54. The predicted molar refractivity (Wildman–Crippen MR) is 213 cm³/mol. The number of nitrogens with two attached hydrogens (primary N) is 1. The van der Waals surface area contributed by atoms with Gasteiger partial charge >= 0.3 is 0 Å². The molecule has 0 amide bonds. The van der Waals surface area contributed by atoms with Crippen molar-refractivity contribution in [2.75, 3.05) is 20.9 Å². The van der Waals surface area contributed by atoms with Gasteiger partial charge in [0.05, 0.1) is 13.8 Å². The van der Waals surface area contributed by atoms with Gasteiger partial charge in [0.1, 0.15) is 6.29 Å². The first-order valence-electron chi connectivity index (χ1n) is 20.4. The van der Waals surface area contributed by atoms with E-state index in [-0.39, 0.29) is 16.9 Å². The third-order valence-corrected chi connectivity index (χ3v) is 14.6. The molecule has 0 aliphatic heterocycles. The van der Waals surface area contributed by atoms with Crippen LogP contribution in [0.25, 0.3) is 0 Å². The zero-order chi connectivity index (χ0) is 37.2. The number of ether oxygens (including phenoxy) is 1. The molecule has 7 rings (SSSR count). The number of halogens is 1. The Morgan fingerprint density at radius 2 is 1.64 bits per heavy atom. The monoisotopic (exact) mass is 694 g/mol. The van der Waals surface area contributed by atoms with Crippen LogP contribution in [0.4, 0.5) is 4.39 Å². The second-order valence-electron chi connectivity index (χ2n) is 17.4. The maximum Gasteiger partial charge on any atom is 0.123 e. The van der Waals surface area contributed by atoms with E-state index in [1.807, 2.05) is 20.8 Å². The first kappa shape index (κ1) is 42.6. The third-order valence-electron chi connectivity index (χ3n) is 14.6. The van der Waals surface area contributed by atoms with Gasteiger partial charge in [-0.05, 0) is 159 Å². The van der Waals surface area contributed by atoms with Gasteiger partial charge in [0.2, 0.25) is 0 Å². The molecule has 4 saturated carbocycles. The number of aldehydes is 1. The second kappa shape index (κ2) is 18.8. The molecule has 0 bridgehead atoms. The Morgan fingerprint density at radius 1 is 0.920 bits per heavy atom. The largest absolute Gasteiger partial charge is 0.380 e. The van der Waals surface area contributed by atoms with Gasteiger partial charge in [0.15, 0.2) is 0 Å². The van der Waals surface area contributed by atoms with Crippen molar-refractivity contribution in [3.05, 3.63) is 59.8 Å². The van der Waals surface area contributed by atoms with Crippen LogP contribution >= 0.6 is 0 Å². The lowest BCUT2D eigenvalue weighted by molar-refractivity contribution is -0.173. The number of allylic oxidation sites excluding steroid dienone is 8. The van der Waals surface area contributed by atoms with Crippen LogP contribution in [-0.4, -0.2) is 32.7 Å². The van der Waals surface area contributed by atoms with Crippen molar-refractivity contribution in [1.29, 1.82) is 0 Å². The number of fused-ring (bicyclic) bond motifs is 7. The van der Waals surface area contributed by atoms with Gasteiger partial charge in [-0.25, -0.2) is 0 Å². The number of rotatable bonds is 4. The van der Waals surface area contributed by atoms with Gasteiger partial charge in [-0.15, -0.1) is 6.58 Å². The van der Waals surface area contributed by atoms with Crippen LogP contribution in [0.1, 0.15) is 145 Å². The summed E-state index contributed by atoms with van der Waals surface area (Å²) in [5.41, 5.74) is 12.9. The summed E-state index contributed by atoms with van der Waals surface area (Å²) < 4.78 is 14.5. The summed E-state index contributed by atoms with van der Waals surface area (Å²) in [6.45, 7) is 20.6. The molecule has 50 heavy (non-hydrogen) atoms. The standard InChI is InChI=1S/C32H49NO.C8H12O.C3H6.C2H6.CH3F/c1-29(2)24(22-9-7-21(20-34)8-10-22)13-17-31(4)27(29)15-18-30(3)25-14-19-32(33)16-5-6-26(32)23(25)11-12-28(30)31;1-9-7-8-5-3-2-4-6-8;1-3-2;2*1-2/h9,13,20-21,23,25-28H,5-8,10-12,14-19,33H2,1-4H3;2-3,5H,4,6-7H2,1H3;3H,1H2,2H3;1-2H3;1H3. The van der Waals surface area contributed by atoms with Crippen molar-refractivity contribution < 1.29 is 13.9 Å². The summed E-state index contributed by atoms with van der Waals surface area (Å²) in [6.07, 6.45) is 33.5. The summed E-state index contributed by atoms with van der Waals surface area (Å²) in [5.74, 6) is 4.46. The van der Waals surface area contributed by atoms with E-state index in [4.69, 9.17) is 10.5 Å². The summed E-state index contributed by atoms with van der Waals surface area (Å²) in [5, 5.41) is 0. The molecule has 0 aromatic carbocycles. The van der Waals surface area contributed by atoms with Crippen LogP contribution < -0.4 is 5.73 Å². The topological polar surface area (TPSA) is 52.3 Å². The normalized spacial score (nSPS) is 38.9. The van der Waals surface area contributed by atoms with E-state index in [0.29, 0.717) is 18.0 Å². The van der Waals surface area contributed by atoms with E-state index in [9.17, 15) is 9.18 Å². The quantitative estimate of drug-likeness (QED) is 0.235. The number of carbonyl (C=O) groups excluding carboxylic acids is 1. The number of methoxy groups -OCH3 is 1. The lowest BCUT2D eigenvalue weighted by Crippen LogP contribution is -2.63. The lowest BCUT2D eigenvalue weighted by Gasteiger charge is -2.68. The fraction of sp³-hybridized carbons (Fsp3) is 0.761. The average molecular weight is 694 g/mol. The minimum atomic E-state index is 0.173. The molecule has 9 unspecified atom stereocenters. The zero-order valence-corrected chi connectivity index (χ0v) is 33.8. The maximum absolute atomic E-state index is 11.3. The summed E-state index contributed by atoms with van der Waals surface area (Å²) in [4.78, 5) is 11.3. The molecular weight excluding hydrogens is 618 g/mol. The Bertz CT molecular complexity index is 1230. The highest BCUT2D eigenvalue weighted by molar-refractivity contribution is 5.55. The highest BCUT2D eigenvalue weighted by Gasteiger charge is 2.65. The Labute approximate surface area is 307 Å². The average Bonchev–Trinajstić information content (AvgIpc) is 3.53. The molecule has 7 aliphatic rings. The van der Waals surface area contributed by atoms with Crippen molar-refractivity contribution in [2.45, 2.75) is 150 Å². The van der Waals surface area contributed by atoms with Gasteiger partial charge in [-0.3, -0.25) is 4.39 Å². The zero-order valence-electron chi connectivity index (χ0n) is 33.8. The molecule has 3 nitrogen and oxygen atoms in total. The molecule has 9 atom stereocenters. The molecule has 4 fully saturated rings. The lowest BCUT2D eigenvalue weighted by atomic mass is 9.37. The number of alkyl halides is 1. The molecule has 7 aliphatic carbocycles. The Balaban J connectivity index is 0.000000356. The number of hydrogen-bond acceptors (Lipinski definition) is 3. The van der Waals surface area contributed by atoms with E-state index in [1.165, 1.54) is 88.9 Å². The Hall–Kier alpha value is -1.78. The van der Waals surface area contributed by atoms with E-state index < -0.39 is 0 Å². The van der Waals surface area contributed by atoms with Crippen LogP contribution in [0.3, 0.4) is 0 Å². The Morgan fingerprint density at radius 3 is 2.24 bits per heavy atom. The smallest absolute Gasteiger partial charge is 0.123 e. The van der Waals surface area contributed by atoms with E-state index in [1.54, 1.807) is 24.3 Å². The van der Waals surface area contributed by atoms with Gasteiger partial charge in [0, 0.05) is 18.6 Å². The molecule has 0 aromatic heterocycles. The SMILES string of the molecule is C=CC.CC.CC1(C)C(C2=CCC(C=O)CC2)=CCC2(C)C1CCC1(C)C3CCC4(N)CCCC4C3CCC12.CF.COCC1=CC=CCC1. The predicted octanol–water partition coefficient (Wildman–Crippen LogP) is 12.3. The van der Waals surface area contributed by atoms with Crippen LogP contribution in [0.5, 0.6) is 0 Å². The number of carbonyl (C=O) groups is 1. The molecule has 4 heteroatoms. The summed E-state index contributed by atoms with van der Waals surface area (Å²) >= 11 is 0. The van der Waals surface area contributed by atoms with E-state index >= 15 is 0 Å². The van der Waals surface area contributed by atoms with Gasteiger partial charge in [-0.1, -0.05) is 84.4 Å². The highest BCUT2D eigenvalue weighted by atomic mass is 19.1. The van der Waals surface area contributed by atoms with Crippen molar-refractivity contribution in [1.82, 2.24) is 0 Å². The molecular formula is C46H76FNO2. The first-order valence-corrected chi connectivity index (χ1v) is 20.4. The molecule has 284 valence electrons. The van der Waals surface area contributed by atoms with E-state index in [0.717, 1.165) is 55.5 Å². The molecule has 0 aromatic rings. The minimum absolute atomic E-state index is 0.173. The molecule has 2 N–H and O–H groups in total. The molecule has 0 radical (unpaired) electrons. The van der Waals surface area contributed by atoms with Crippen LogP contribution in [0.15, 0.2) is 59.8 Å². The molecule has 0 saturated heterocycles. The van der Waals surface area contributed by atoms with Gasteiger partial charge < -0.3 is 15.3 Å². The fourth-order valence-electron chi connectivity index (χ4n) is 12.6. The fourth-order valence-corrected chi connectivity index (χ4v) is 12.6. The van der Waals surface area contributed by atoms with Crippen molar-refractivity contribution >= 4 is 6.29 Å². The highest BCUT2D eigenvalue weighted by Crippen LogP contribution is 2.72. The summed E-state index contributed by atoms with van der Waals surface area (Å²) in [7, 11) is 2.24. The number of hydrogen-bond donors (Lipinski definition) is 1. The van der Waals surface area contributed by atoms with Crippen molar-refractivity contribution in [3.8, 4) is 0 Å². The second-order valence-corrected chi connectivity index (χ2v) is 17.4. The molecule has 0 heterocycles. The van der Waals surface area contributed by atoms with Crippen molar-refractivity contribution in [3.63, 3.8) is 0 Å². The van der Waals surface area contributed by atoms with Gasteiger partial charge in [-0.2, -0.15) is 0 Å². The summed E-state index contributed by atoms with van der Waals surface area (Å²) in [6, 6.07) is 0.